The molecule has 0 aliphatic rings. The maximum atomic E-state index is 9.97. The number of carboxylic acid groups (broad SMARTS) is 2. The van der Waals surface area contributed by atoms with Gasteiger partial charge in [0.1, 0.15) is 0 Å². The smallest absolute Gasteiger partial charge is 0.0414 e. The molecule has 0 aromatic rings. The number of unbranched alkanes of at least 4 members (excludes halogenated alkanes) is 6. The average molecular weight is 549 g/mol. The molecule has 0 saturated carbocycles. The van der Waals surface area contributed by atoms with Crippen LogP contribution in [0.2, 0.25) is 8.87 Å². The molecule has 0 saturated heterocycles. The number of hydrogen-bond donors (Lipinski definition) is 0. The van der Waals surface area contributed by atoms with E-state index < -0.39 is 11.9 Å². The Hall–Kier alpha value is -0.341. The van der Waals surface area contributed by atoms with Crippen LogP contribution in [0.1, 0.15) is 90.9 Å². The average Bonchev–Trinajstić information content (AvgIpc) is 2.67. The first-order chi connectivity index (χ1) is 14.7. The maximum absolute atomic E-state index is 9.97. The molecule has 0 bridgehead atoms. The molecule has 7 heteroatoms. The first-order valence-corrected chi connectivity index (χ1v) is 16.1. The number of aliphatic carboxylic acids is 2. The van der Waals surface area contributed by atoms with Gasteiger partial charge in [-0.25, -0.2) is 0 Å². The van der Waals surface area contributed by atoms with Crippen molar-refractivity contribution in [2.24, 2.45) is 0 Å². The Labute approximate surface area is 203 Å². The van der Waals surface area contributed by atoms with Crippen LogP contribution in [0.25, 0.3) is 0 Å². The van der Waals surface area contributed by atoms with Gasteiger partial charge in [-0.3, -0.25) is 0 Å². The molecule has 0 rings (SSSR count). The predicted molar refractivity (Wildman–Crippen MR) is 129 cm³/mol. The van der Waals surface area contributed by atoms with Crippen molar-refractivity contribution in [1.29, 1.82) is 0 Å². The van der Waals surface area contributed by atoms with E-state index in [4.69, 9.17) is 0 Å². The van der Waals surface area contributed by atoms with Crippen molar-refractivity contribution in [3.8, 4) is 0 Å². The van der Waals surface area contributed by atoms with E-state index in [1.54, 1.807) is 8.87 Å². The molecule has 31 heavy (non-hydrogen) atoms. The molecule has 0 heterocycles. The van der Waals surface area contributed by atoms with Crippen molar-refractivity contribution < 1.29 is 19.8 Å². The van der Waals surface area contributed by atoms with Gasteiger partial charge < -0.3 is 29.6 Å². The van der Waals surface area contributed by atoms with Crippen LogP contribution in [0.3, 0.4) is 0 Å². The summed E-state index contributed by atoms with van der Waals surface area (Å²) in [4.78, 5) is 24.1. The van der Waals surface area contributed by atoms with Gasteiger partial charge in [-0.1, -0.05) is 12.8 Å². The van der Waals surface area contributed by atoms with Crippen LogP contribution in [-0.4, -0.2) is 84.2 Å². The second-order valence-corrected chi connectivity index (χ2v) is 12.7. The molecule has 0 aliphatic heterocycles. The molecular weight excluding hydrogens is 499 g/mol. The summed E-state index contributed by atoms with van der Waals surface area (Å²) in [5.74, 6) is -1.87. The molecule has 0 aromatic carbocycles. The van der Waals surface area contributed by atoms with E-state index in [2.05, 4.69) is 23.6 Å². The third-order valence-electron chi connectivity index (χ3n) is 4.39. The van der Waals surface area contributed by atoms with Crippen molar-refractivity contribution in [2.75, 3.05) is 41.3 Å². The largest absolute Gasteiger partial charge is 0.550 e. The third kappa shape index (κ3) is 48.4. The summed E-state index contributed by atoms with van der Waals surface area (Å²) in [6, 6.07) is 0. The Morgan fingerprint density at radius 2 is 0.968 bits per heavy atom. The number of rotatable bonds is 18. The Morgan fingerprint density at radius 1 is 0.613 bits per heavy atom. The molecule has 0 amide bonds. The van der Waals surface area contributed by atoms with Gasteiger partial charge >= 0.3 is 69.5 Å². The quantitative estimate of drug-likeness (QED) is 0.193. The minimum Gasteiger partial charge on any atom is -0.550 e. The fourth-order valence-electron chi connectivity index (χ4n) is 2.48. The Morgan fingerprint density at radius 3 is 1.23 bits per heavy atom. The monoisotopic (exact) mass is 550 g/mol. The molecule has 0 fully saturated rings. The molecule has 0 aromatic heterocycles. The first-order valence-electron chi connectivity index (χ1n) is 12.1. The van der Waals surface area contributed by atoms with E-state index in [-0.39, 0.29) is 34.0 Å². The summed E-state index contributed by atoms with van der Waals surface area (Å²) in [7, 11) is 8.05. The standard InChI is InChI=1S/2C8H17NO2.2C4H9.Sn/c2*1-9(2)7-5-3-4-6-8(10)11;2*1-3-4-2;/h2*3-7H2,1-2H3,(H,10,11);2*1,3-4H2,2H3;/q;;;;+2/p-2. The number of hydrogen-bond acceptors (Lipinski definition) is 6. The van der Waals surface area contributed by atoms with E-state index in [9.17, 15) is 19.8 Å². The zero-order valence-corrected chi connectivity index (χ0v) is 24.2. The van der Waals surface area contributed by atoms with Gasteiger partial charge in [0.2, 0.25) is 0 Å². The molecule has 0 N–H and O–H groups in total. The molecule has 184 valence electrons. The van der Waals surface area contributed by atoms with Crippen LogP contribution in [0.4, 0.5) is 0 Å². The fraction of sp³-hybridized carbons (Fsp3) is 0.917. The van der Waals surface area contributed by atoms with Crippen molar-refractivity contribution in [2.45, 2.75) is 99.8 Å². The zero-order chi connectivity index (χ0) is 24.3. The summed E-state index contributed by atoms with van der Waals surface area (Å²) < 4.78 is 3.25. The van der Waals surface area contributed by atoms with Gasteiger partial charge in [-0.15, -0.1) is 0 Å². The molecule has 0 radical (unpaired) electrons. The fourth-order valence-corrected chi connectivity index (χ4v) is 6.64. The van der Waals surface area contributed by atoms with E-state index in [1.807, 2.05) is 28.2 Å². The Kier molecular flexibility index (Phi) is 33.7. The van der Waals surface area contributed by atoms with Gasteiger partial charge in [0.05, 0.1) is 0 Å². The van der Waals surface area contributed by atoms with Crippen molar-refractivity contribution in [1.82, 2.24) is 9.80 Å². The number of carbonyl (C=O) groups is 2. The first kappa shape index (κ1) is 35.3. The van der Waals surface area contributed by atoms with Crippen LogP contribution in [0.15, 0.2) is 0 Å². The van der Waals surface area contributed by atoms with E-state index >= 15 is 0 Å². The van der Waals surface area contributed by atoms with Gasteiger partial charge in [0, 0.05) is 11.9 Å². The molecule has 0 unspecified atom stereocenters. The molecule has 6 nitrogen and oxygen atoms in total. The van der Waals surface area contributed by atoms with Crippen molar-refractivity contribution >= 4 is 33.1 Å². The summed E-state index contributed by atoms with van der Waals surface area (Å²) in [5, 5.41) is 19.9. The Bertz CT molecular complexity index is 347. The summed E-state index contributed by atoms with van der Waals surface area (Å²) in [6.45, 7) is 6.65. The minimum atomic E-state index is -0.935. The van der Waals surface area contributed by atoms with Crippen molar-refractivity contribution in [3.05, 3.63) is 0 Å². The van der Waals surface area contributed by atoms with Crippen LogP contribution in [0, 0.1) is 0 Å². The minimum absolute atomic E-state index is 0.149. The molecule has 0 aliphatic carbocycles. The number of carbonyl (C=O) groups excluding carboxylic acids is 2. The number of nitrogens with zero attached hydrogens (tertiary/aromatic N) is 2. The second-order valence-electron chi connectivity index (χ2n) is 8.43. The van der Waals surface area contributed by atoms with Gasteiger partial charge in [-0.2, -0.15) is 0 Å². The summed E-state index contributed by atoms with van der Waals surface area (Å²) >= 11 is 0.149. The van der Waals surface area contributed by atoms with Crippen LogP contribution < -0.4 is 10.2 Å². The normalized spacial score (nSPS) is 10.1. The summed E-state index contributed by atoms with van der Waals surface area (Å²) in [5.41, 5.74) is 0. The topological polar surface area (TPSA) is 86.7 Å². The zero-order valence-electron chi connectivity index (χ0n) is 21.3. The van der Waals surface area contributed by atoms with Gasteiger partial charge in [-0.05, 0) is 79.8 Å². The maximum Gasteiger partial charge on any atom is 0.0414 e. The third-order valence-corrected chi connectivity index (χ3v) is 8.42. The number of carboxylic acids is 2. The van der Waals surface area contributed by atoms with E-state index in [0.29, 0.717) is 0 Å². The van der Waals surface area contributed by atoms with Crippen LogP contribution in [0.5, 0.6) is 0 Å². The van der Waals surface area contributed by atoms with E-state index in [0.717, 1.165) is 51.6 Å². The molecular formula is C24H50N2O4Sn. The Balaban J connectivity index is -0.000000382. The molecule has 0 atom stereocenters. The van der Waals surface area contributed by atoms with Crippen LogP contribution in [-0.2, 0) is 9.59 Å². The van der Waals surface area contributed by atoms with Crippen LogP contribution >= 0.6 is 0 Å². The van der Waals surface area contributed by atoms with Gasteiger partial charge in [0.25, 0.3) is 0 Å². The van der Waals surface area contributed by atoms with Crippen molar-refractivity contribution in [3.63, 3.8) is 0 Å². The molecule has 0 spiro atoms. The predicted octanol–water partition coefficient (Wildman–Crippen LogP) is 2.84. The van der Waals surface area contributed by atoms with Gasteiger partial charge in [0.15, 0.2) is 0 Å². The SMILES string of the molecule is CCC[CH2][Sn+2][CH2]CCC.CN(C)CCCCCC(=O)[O-].CN(C)CCCCCC(=O)[O-]. The summed E-state index contributed by atoms with van der Waals surface area (Å²) in [6.07, 6.45) is 11.8. The van der Waals surface area contributed by atoms with E-state index in [1.165, 1.54) is 25.7 Å². The second kappa shape index (κ2) is 29.7.